The minimum atomic E-state index is -2.46. The Bertz CT molecular complexity index is 915. The molecule has 0 aliphatic carbocycles. The number of H-pyrrole nitrogens is 1. The Morgan fingerprint density at radius 2 is 1.89 bits per heavy atom. The Kier molecular flexibility index (Phi) is 4.83. The summed E-state index contributed by atoms with van der Waals surface area (Å²) in [6.45, 7) is 4.92. The van der Waals surface area contributed by atoms with E-state index >= 15 is 0 Å². The molecule has 0 atom stereocenters. The second kappa shape index (κ2) is 7.27. The number of hydrogen-bond acceptors (Lipinski definition) is 3. The van der Waals surface area contributed by atoms with Crippen molar-refractivity contribution in [2.75, 3.05) is 19.7 Å². The third-order valence-electron chi connectivity index (χ3n) is 5.40. The molecule has 0 unspecified atom stereocenters. The number of pyridine rings is 1. The van der Waals surface area contributed by atoms with Gasteiger partial charge in [-0.2, -0.15) is 0 Å². The standard InChI is InChI=1S/C21H23F2N3O/c1-21(7-10-24-11-8-21)13-27-17-6-9-25-20-18(17)16(12-26-20)14-2-4-15(5-3-14)19(22)23/h2-6,9,12,19,24H,7-8,10-11,13H2,1H3,(H,25,26). The smallest absolute Gasteiger partial charge is 0.263 e. The fourth-order valence-corrected chi connectivity index (χ4v) is 3.61. The van der Waals surface area contributed by atoms with Crippen molar-refractivity contribution in [2.24, 2.45) is 5.41 Å². The quantitative estimate of drug-likeness (QED) is 0.668. The van der Waals surface area contributed by atoms with Gasteiger partial charge in [-0.25, -0.2) is 13.8 Å². The van der Waals surface area contributed by atoms with Gasteiger partial charge in [-0.15, -0.1) is 0 Å². The molecule has 142 valence electrons. The maximum Gasteiger partial charge on any atom is 0.263 e. The van der Waals surface area contributed by atoms with Gasteiger partial charge in [-0.3, -0.25) is 0 Å². The summed E-state index contributed by atoms with van der Waals surface area (Å²) in [5, 5.41) is 4.27. The van der Waals surface area contributed by atoms with Crippen LogP contribution in [0.2, 0.25) is 0 Å². The number of alkyl halides is 2. The molecule has 3 aromatic rings. The predicted molar refractivity (Wildman–Crippen MR) is 102 cm³/mol. The fraction of sp³-hybridized carbons (Fsp3) is 0.381. The number of halogens is 2. The van der Waals surface area contributed by atoms with E-state index in [9.17, 15) is 8.78 Å². The maximum absolute atomic E-state index is 12.8. The minimum Gasteiger partial charge on any atom is -0.492 e. The molecule has 2 N–H and O–H groups in total. The number of piperidine rings is 1. The van der Waals surface area contributed by atoms with Crippen molar-refractivity contribution < 1.29 is 13.5 Å². The molecule has 27 heavy (non-hydrogen) atoms. The molecule has 0 amide bonds. The molecule has 2 aromatic heterocycles. The fourth-order valence-electron chi connectivity index (χ4n) is 3.61. The van der Waals surface area contributed by atoms with Crippen LogP contribution >= 0.6 is 0 Å². The second-order valence-corrected chi connectivity index (χ2v) is 7.51. The Morgan fingerprint density at radius 3 is 2.59 bits per heavy atom. The van der Waals surface area contributed by atoms with Gasteiger partial charge < -0.3 is 15.0 Å². The molecule has 6 heteroatoms. The lowest BCUT2D eigenvalue weighted by Gasteiger charge is -2.33. The Labute approximate surface area is 157 Å². The van der Waals surface area contributed by atoms with Crippen LogP contribution in [0.25, 0.3) is 22.2 Å². The van der Waals surface area contributed by atoms with Crippen molar-refractivity contribution in [1.82, 2.24) is 15.3 Å². The van der Waals surface area contributed by atoms with Crippen molar-refractivity contribution in [3.63, 3.8) is 0 Å². The van der Waals surface area contributed by atoms with Crippen molar-refractivity contribution in [3.05, 3.63) is 48.3 Å². The summed E-state index contributed by atoms with van der Waals surface area (Å²) < 4.78 is 31.9. The monoisotopic (exact) mass is 371 g/mol. The molecule has 4 rings (SSSR count). The molecule has 0 bridgehead atoms. The lowest BCUT2D eigenvalue weighted by molar-refractivity contribution is 0.124. The van der Waals surface area contributed by atoms with Gasteiger partial charge in [0.2, 0.25) is 0 Å². The number of fused-ring (bicyclic) bond motifs is 1. The Balaban J connectivity index is 1.65. The average Bonchev–Trinajstić information content (AvgIpc) is 3.12. The normalized spacial score (nSPS) is 16.7. The van der Waals surface area contributed by atoms with Gasteiger partial charge in [0, 0.05) is 28.9 Å². The number of benzene rings is 1. The van der Waals surface area contributed by atoms with Gasteiger partial charge in [0.1, 0.15) is 11.4 Å². The van der Waals surface area contributed by atoms with Crippen molar-refractivity contribution >= 4 is 11.0 Å². The molecule has 0 spiro atoms. The van der Waals surface area contributed by atoms with Crippen LogP contribution in [-0.4, -0.2) is 29.7 Å². The Morgan fingerprint density at radius 1 is 1.15 bits per heavy atom. The van der Waals surface area contributed by atoms with Crippen LogP contribution in [0, 0.1) is 5.41 Å². The van der Waals surface area contributed by atoms with E-state index in [1.54, 1.807) is 18.3 Å². The number of aromatic amines is 1. The highest BCUT2D eigenvalue weighted by atomic mass is 19.3. The van der Waals surface area contributed by atoms with Crippen LogP contribution in [0.1, 0.15) is 31.8 Å². The summed E-state index contributed by atoms with van der Waals surface area (Å²) in [5.74, 6) is 0.772. The summed E-state index contributed by atoms with van der Waals surface area (Å²) in [7, 11) is 0. The van der Waals surface area contributed by atoms with E-state index in [1.165, 1.54) is 12.1 Å². The van der Waals surface area contributed by atoms with E-state index in [0.29, 0.717) is 6.61 Å². The van der Waals surface area contributed by atoms with Gasteiger partial charge in [0.15, 0.2) is 0 Å². The summed E-state index contributed by atoms with van der Waals surface area (Å²) in [6, 6.07) is 8.24. The zero-order valence-electron chi connectivity index (χ0n) is 15.3. The zero-order valence-corrected chi connectivity index (χ0v) is 15.3. The first-order valence-corrected chi connectivity index (χ1v) is 9.24. The first-order valence-electron chi connectivity index (χ1n) is 9.24. The molecular formula is C21H23F2N3O. The van der Waals surface area contributed by atoms with Gasteiger partial charge in [0.25, 0.3) is 6.43 Å². The lowest BCUT2D eigenvalue weighted by atomic mass is 9.82. The zero-order chi connectivity index (χ0) is 18.9. The van der Waals surface area contributed by atoms with Crippen LogP contribution in [-0.2, 0) is 0 Å². The first kappa shape index (κ1) is 17.9. The average molecular weight is 371 g/mol. The molecule has 0 radical (unpaired) electrons. The summed E-state index contributed by atoms with van der Waals surface area (Å²) in [5.41, 5.74) is 2.67. The van der Waals surface area contributed by atoms with Crippen LogP contribution in [0.5, 0.6) is 5.75 Å². The minimum absolute atomic E-state index is 0.0204. The number of nitrogens with one attached hydrogen (secondary N) is 2. The molecule has 1 aliphatic heterocycles. The van der Waals surface area contributed by atoms with Crippen molar-refractivity contribution in [1.29, 1.82) is 0 Å². The van der Waals surface area contributed by atoms with Gasteiger partial charge in [-0.05, 0) is 37.6 Å². The van der Waals surface area contributed by atoms with Crippen LogP contribution in [0.15, 0.2) is 42.7 Å². The van der Waals surface area contributed by atoms with Crippen LogP contribution in [0.4, 0.5) is 8.78 Å². The highest BCUT2D eigenvalue weighted by molar-refractivity contribution is 5.98. The van der Waals surface area contributed by atoms with Crippen molar-refractivity contribution in [3.8, 4) is 16.9 Å². The second-order valence-electron chi connectivity index (χ2n) is 7.51. The number of aromatic nitrogens is 2. The number of nitrogens with zero attached hydrogens (tertiary/aromatic N) is 1. The summed E-state index contributed by atoms with van der Waals surface area (Å²) in [4.78, 5) is 7.54. The third kappa shape index (κ3) is 3.67. The molecule has 4 nitrogen and oxygen atoms in total. The highest BCUT2D eigenvalue weighted by Gasteiger charge is 2.28. The van der Waals surface area contributed by atoms with Gasteiger partial charge >= 0.3 is 0 Å². The number of rotatable bonds is 5. The van der Waals surface area contributed by atoms with E-state index < -0.39 is 6.43 Å². The molecule has 1 aliphatic rings. The molecule has 1 saturated heterocycles. The predicted octanol–water partition coefficient (Wildman–Crippen LogP) is 4.94. The van der Waals surface area contributed by atoms with Crippen LogP contribution in [0.3, 0.4) is 0 Å². The summed E-state index contributed by atoms with van der Waals surface area (Å²) in [6.07, 6.45) is 3.27. The molecular weight excluding hydrogens is 348 g/mol. The molecule has 0 saturated carbocycles. The number of hydrogen-bond donors (Lipinski definition) is 2. The SMILES string of the molecule is CC1(COc2ccnc3[nH]cc(-c4ccc(C(F)F)cc4)c23)CCNCC1. The van der Waals surface area contributed by atoms with Crippen molar-refractivity contribution in [2.45, 2.75) is 26.2 Å². The number of ether oxygens (including phenoxy) is 1. The summed E-state index contributed by atoms with van der Waals surface area (Å²) >= 11 is 0. The van der Waals surface area contributed by atoms with Gasteiger partial charge in [-0.1, -0.05) is 31.2 Å². The third-order valence-corrected chi connectivity index (χ3v) is 5.40. The van der Waals surface area contributed by atoms with E-state index in [-0.39, 0.29) is 11.0 Å². The first-order chi connectivity index (χ1) is 13.1. The van der Waals surface area contributed by atoms with E-state index in [0.717, 1.165) is 53.8 Å². The lowest BCUT2D eigenvalue weighted by Crippen LogP contribution is -2.38. The van der Waals surface area contributed by atoms with E-state index in [2.05, 4.69) is 22.2 Å². The molecule has 1 aromatic carbocycles. The topological polar surface area (TPSA) is 49.9 Å². The largest absolute Gasteiger partial charge is 0.492 e. The Hall–Kier alpha value is -2.47. The molecule has 1 fully saturated rings. The molecule has 3 heterocycles. The highest BCUT2D eigenvalue weighted by Crippen LogP contribution is 2.36. The van der Waals surface area contributed by atoms with E-state index in [1.807, 2.05) is 12.3 Å². The van der Waals surface area contributed by atoms with Gasteiger partial charge in [0.05, 0.1) is 12.0 Å². The maximum atomic E-state index is 12.8. The van der Waals surface area contributed by atoms with E-state index in [4.69, 9.17) is 4.74 Å². The van der Waals surface area contributed by atoms with Crippen LogP contribution < -0.4 is 10.1 Å².